The summed E-state index contributed by atoms with van der Waals surface area (Å²) >= 11 is 5.55. The first-order chi connectivity index (χ1) is 6.97. The van der Waals surface area contributed by atoms with Crippen LogP contribution in [0.5, 0.6) is 0 Å². The summed E-state index contributed by atoms with van der Waals surface area (Å²) in [7, 11) is 0. The Balaban J connectivity index is 2.94. The Morgan fingerprint density at radius 2 is 1.40 bits per heavy atom. The highest BCUT2D eigenvalue weighted by atomic mass is 35.5. The van der Waals surface area contributed by atoms with Gasteiger partial charge in [-0.3, -0.25) is 20.2 Å². The molecule has 0 unspecified atom stereocenters. The van der Waals surface area contributed by atoms with Gasteiger partial charge in [0, 0.05) is 13.8 Å². The molecule has 0 aliphatic heterocycles. The highest BCUT2D eigenvalue weighted by molar-refractivity contribution is 6.28. The fraction of sp³-hybridized carbons (Fsp3) is 0.286. The first kappa shape index (κ1) is 11.3. The van der Waals surface area contributed by atoms with E-state index in [0.717, 1.165) is 0 Å². The number of anilines is 2. The number of aromatic nitrogens is 3. The summed E-state index contributed by atoms with van der Waals surface area (Å²) < 4.78 is 0. The molecule has 0 spiro atoms. The van der Waals surface area contributed by atoms with Crippen molar-refractivity contribution < 1.29 is 9.59 Å². The summed E-state index contributed by atoms with van der Waals surface area (Å²) in [5.74, 6) is -0.699. The fourth-order valence-corrected chi connectivity index (χ4v) is 0.937. The van der Waals surface area contributed by atoms with Crippen LogP contribution in [0.2, 0.25) is 5.28 Å². The van der Waals surface area contributed by atoms with E-state index in [-0.39, 0.29) is 29.0 Å². The monoisotopic (exact) mass is 229 g/mol. The van der Waals surface area contributed by atoms with Gasteiger partial charge in [0.15, 0.2) is 0 Å². The predicted molar refractivity (Wildman–Crippen MR) is 53.4 cm³/mol. The molecule has 0 radical (unpaired) electrons. The van der Waals surface area contributed by atoms with Crippen LogP contribution >= 0.6 is 11.6 Å². The van der Waals surface area contributed by atoms with Gasteiger partial charge in [0.05, 0.1) is 0 Å². The van der Waals surface area contributed by atoms with Gasteiger partial charge < -0.3 is 0 Å². The molecule has 0 aliphatic rings. The first-order valence-electron chi connectivity index (χ1n) is 3.94. The van der Waals surface area contributed by atoms with Crippen LogP contribution in [-0.4, -0.2) is 26.8 Å². The third-order valence-corrected chi connectivity index (χ3v) is 1.35. The lowest BCUT2D eigenvalue weighted by atomic mass is 10.7. The van der Waals surface area contributed by atoms with Crippen molar-refractivity contribution in [3.8, 4) is 0 Å². The van der Waals surface area contributed by atoms with Crippen molar-refractivity contribution in [3.63, 3.8) is 0 Å². The molecule has 7 nitrogen and oxygen atoms in total. The van der Waals surface area contributed by atoms with Crippen molar-refractivity contribution in [1.82, 2.24) is 15.0 Å². The van der Waals surface area contributed by atoms with Crippen molar-refractivity contribution in [2.45, 2.75) is 13.8 Å². The molecule has 0 atom stereocenters. The van der Waals surface area contributed by atoms with Crippen LogP contribution in [-0.2, 0) is 9.59 Å². The van der Waals surface area contributed by atoms with Crippen LogP contribution < -0.4 is 10.6 Å². The minimum Gasteiger partial charge on any atom is -0.295 e. The molecule has 0 saturated heterocycles. The number of carbonyl (C=O) groups is 2. The molecule has 1 aromatic heterocycles. The molecule has 0 aromatic carbocycles. The lowest BCUT2D eigenvalue weighted by Crippen LogP contribution is -2.14. The Morgan fingerprint density at radius 3 is 1.73 bits per heavy atom. The van der Waals surface area contributed by atoms with Crippen LogP contribution in [0.15, 0.2) is 0 Å². The standard InChI is InChI=1S/C7H8ClN5O2/c1-3(14)9-6-11-5(8)12-7(13-6)10-4(2)15/h1-2H3,(H2,9,10,11,12,13,14,15). The summed E-state index contributed by atoms with van der Waals surface area (Å²) in [5, 5.41) is 4.53. The Morgan fingerprint density at radius 1 is 1.00 bits per heavy atom. The normalized spacial score (nSPS) is 9.53. The minimum atomic E-state index is -0.342. The molecular formula is C7H8ClN5O2. The van der Waals surface area contributed by atoms with Gasteiger partial charge in [-0.05, 0) is 11.6 Å². The molecule has 15 heavy (non-hydrogen) atoms. The second-order valence-electron chi connectivity index (χ2n) is 2.61. The van der Waals surface area contributed by atoms with Gasteiger partial charge in [-0.1, -0.05) is 0 Å². The Hall–Kier alpha value is -1.76. The van der Waals surface area contributed by atoms with Gasteiger partial charge >= 0.3 is 0 Å². The molecule has 1 rings (SSSR count). The molecule has 80 valence electrons. The molecule has 2 N–H and O–H groups in total. The molecule has 1 aromatic rings. The second kappa shape index (κ2) is 4.65. The summed E-state index contributed by atoms with van der Waals surface area (Å²) in [4.78, 5) is 32.5. The van der Waals surface area contributed by atoms with Crippen LogP contribution in [0.25, 0.3) is 0 Å². The summed E-state index contributed by atoms with van der Waals surface area (Å²) in [6, 6.07) is 0. The summed E-state index contributed by atoms with van der Waals surface area (Å²) in [6.07, 6.45) is 0. The summed E-state index contributed by atoms with van der Waals surface area (Å²) in [5.41, 5.74) is 0. The average Bonchev–Trinajstić information content (AvgIpc) is 1.98. The third kappa shape index (κ3) is 3.86. The maximum Gasteiger partial charge on any atom is 0.235 e. The van der Waals surface area contributed by atoms with Crippen molar-refractivity contribution in [2.24, 2.45) is 0 Å². The smallest absolute Gasteiger partial charge is 0.235 e. The Labute approximate surface area is 90.3 Å². The second-order valence-corrected chi connectivity index (χ2v) is 2.95. The van der Waals surface area contributed by atoms with Gasteiger partial charge in [0.2, 0.25) is 29.0 Å². The highest BCUT2D eigenvalue weighted by Crippen LogP contribution is 2.09. The Bertz CT molecular complexity index is 374. The molecule has 0 bridgehead atoms. The number of hydrogen-bond donors (Lipinski definition) is 2. The van der Waals surface area contributed by atoms with Gasteiger partial charge in [-0.2, -0.15) is 15.0 Å². The molecule has 0 fully saturated rings. The van der Waals surface area contributed by atoms with Crippen LogP contribution in [0.4, 0.5) is 11.9 Å². The van der Waals surface area contributed by atoms with Crippen LogP contribution in [0.1, 0.15) is 13.8 Å². The summed E-state index contributed by atoms with van der Waals surface area (Å²) in [6.45, 7) is 2.60. The highest BCUT2D eigenvalue weighted by Gasteiger charge is 2.06. The average molecular weight is 230 g/mol. The number of halogens is 1. The number of rotatable bonds is 2. The predicted octanol–water partition coefficient (Wildman–Crippen LogP) is 0.442. The van der Waals surface area contributed by atoms with Gasteiger partial charge in [0.1, 0.15) is 0 Å². The SMILES string of the molecule is CC(=O)Nc1nc(Cl)nc(NC(C)=O)n1. The van der Waals surface area contributed by atoms with Crippen molar-refractivity contribution in [2.75, 3.05) is 10.6 Å². The first-order valence-corrected chi connectivity index (χ1v) is 4.32. The van der Waals surface area contributed by atoms with Gasteiger partial charge in [-0.15, -0.1) is 0 Å². The number of nitrogens with one attached hydrogen (secondary N) is 2. The van der Waals surface area contributed by atoms with E-state index in [1.165, 1.54) is 13.8 Å². The van der Waals surface area contributed by atoms with Gasteiger partial charge in [-0.25, -0.2) is 0 Å². The lowest BCUT2D eigenvalue weighted by Gasteiger charge is -2.03. The molecule has 0 saturated carbocycles. The zero-order valence-corrected chi connectivity index (χ0v) is 8.79. The molecule has 2 amide bonds. The van der Waals surface area contributed by atoms with Crippen molar-refractivity contribution in [1.29, 1.82) is 0 Å². The van der Waals surface area contributed by atoms with Crippen LogP contribution in [0.3, 0.4) is 0 Å². The topological polar surface area (TPSA) is 96.9 Å². The number of amides is 2. The van der Waals surface area contributed by atoms with E-state index in [1.807, 2.05) is 0 Å². The molecule has 1 heterocycles. The zero-order valence-electron chi connectivity index (χ0n) is 8.04. The van der Waals surface area contributed by atoms with E-state index in [2.05, 4.69) is 25.6 Å². The molecule has 8 heteroatoms. The fourth-order valence-electron chi connectivity index (χ4n) is 0.777. The Kier molecular flexibility index (Phi) is 3.51. The lowest BCUT2D eigenvalue weighted by molar-refractivity contribution is -0.115. The van der Waals surface area contributed by atoms with E-state index in [4.69, 9.17) is 11.6 Å². The largest absolute Gasteiger partial charge is 0.295 e. The third-order valence-electron chi connectivity index (χ3n) is 1.18. The van der Waals surface area contributed by atoms with E-state index < -0.39 is 0 Å². The number of hydrogen-bond acceptors (Lipinski definition) is 5. The maximum atomic E-state index is 10.7. The number of carbonyl (C=O) groups excluding carboxylic acids is 2. The van der Waals surface area contributed by atoms with Crippen LogP contribution in [0, 0.1) is 0 Å². The quantitative estimate of drug-likeness (QED) is 0.767. The van der Waals surface area contributed by atoms with E-state index in [0.29, 0.717) is 0 Å². The van der Waals surface area contributed by atoms with E-state index in [1.54, 1.807) is 0 Å². The molecular weight excluding hydrogens is 222 g/mol. The van der Waals surface area contributed by atoms with Crippen molar-refractivity contribution >= 4 is 35.3 Å². The molecule has 0 aliphatic carbocycles. The number of nitrogens with zero attached hydrogens (tertiary/aromatic N) is 3. The van der Waals surface area contributed by atoms with Crippen molar-refractivity contribution in [3.05, 3.63) is 5.28 Å². The van der Waals surface area contributed by atoms with E-state index >= 15 is 0 Å². The van der Waals surface area contributed by atoms with E-state index in [9.17, 15) is 9.59 Å². The van der Waals surface area contributed by atoms with Gasteiger partial charge in [0.25, 0.3) is 0 Å². The maximum absolute atomic E-state index is 10.7. The minimum absolute atomic E-state index is 0.00810. The zero-order chi connectivity index (χ0) is 11.4.